The molecule has 0 bridgehead atoms. The Balaban J connectivity index is 2.40. The van der Waals surface area contributed by atoms with Crippen molar-refractivity contribution < 1.29 is 4.79 Å². The second kappa shape index (κ2) is 5.40. The second-order valence-electron chi connectivity index (χ2n) is 4.53. The minimum absolute atomic E-state index is 0.0474. The lowest BCUT2D eigenvalue weighted by Crippen LogP contribution is -2.24. The SMILES string of the molecule is CC(CC(N)=O)Nc1ccc(C#N)c2ccccc12. The van der Waals surface area contributed by atoms with Crippen molar-refractivity contribution in [2.24, 2.45) is 5.73 Å². The van der Waals surface area contributed by atoms with Crippen LogP contribution in [0.25, 0.3) is 10.8 Å². The van der Waals surface area contributed by atoms with Crippen LogP contribution in [0, 0.1) is 11.3 Å². The van der Waals surface area contributed by atoms with E-state index in [1.54, 1.807) is 6.07 Å². The highest BCUT2D eigenvalue weighted by Gasteiger charge is 2.09. The molecule has 4 nitrogen and oxygen atoms in total. The van der Waals surface area contributed by atoms with Crippen molar-refractivity contribution in [3.8, 4) is 6.07 Å². The minimum Gasteiger partial charge on any atom is -0.382 e. The molecular formula is C15H15N3O. The molecule has 0 saturated carbocycles. The van der Waals surface area contributed by atoms with Gasteiger partial charge >= 0.3 is 0 Å². The number of rotatable bonds is 4. The highest BCUT2D eigenvalue weighted by molar-refractivity contribution is 5.97. The number of amides is 1. The monoisotopic (exact) mass is 253 g/mol. The highest BCUT2D eigenvalue weighted by Crippen LogP contribution is 2.27. The molecule has 0 aromatic heterocycles. The molecule has 96 valence electrons. The van der Waals surface area contributed by atoms with Crippen molar-refractivity contribution in [3.63, 3.8) is 0 Å². The fraction of sp³-hybridized carbons (Fsp3) is 0.200. The molecule has 0 aliphatic carbocycles. The molecule has 19 heavy (non-hydrogen) atoms. The van der Waals surface area contributed by atoms with Gasteiger partial charge in [-0.25, -0.2) is 0 Å². The van der Waals surface area contributed by atoms with Gasteiger partial charge in [-0.2, -0.15) is 5.26 Å². The van der Waals surface area contributed by atoms with Crippen LogP contribution in [-0.2, 0) is 4.79 Å². The Bertz CT molecular complexity index is 658. The Labute approximate surface area is 111 Å². The molecule has 3 N–H and O–H groups in total. The lowest BCUT2D eigenvalue weighted by atomic mass is 10.0. The lowest BCUT2D eigenvalue weighted by Gasteiger charge is -2.16. The van der Waals surface area contributed by atoms with E-state index in [4.69, 9.17) is 11.0 Å². The second-order valence-corrected chi connectivity index (χ2v) is 4.53. The third kappa shape index (κ3) is 2.83. The lowest BCUT2D eigenvalue weighted by molar-refractivity contribution is -0.118. The number of benzene rings is 2. The molecule has 4 heteroatoms. The zero-order valence-corrected chi connectivity index (χ0v) is 10.7. The molecule has 0 spiro atoms. The van der Waals surface area contributed by atoms with Gasteiger partial charge in [-0.1, -0.05) is 24.3 Å². The van der Waals surface area contributed by atoms with Crippen molar-refractivity contribution in [1.82, 2.24) is 0 Å². The third-order valence-electron chi connectivity index (χ3n) is 2.95. The van der Waals surface area contributed by atoms with Crippen LogP contribution in [0.2, 0.25) is 0 Å². The average Bonchev–Trinajstić information content (AvgIpc) is 2.38. The van der Waals surface area contributed by atoms with Crippen LogP contribution in [0.1, 0.15) is 18.9 Å². The predicted octanol–water partition coefficient (Wildman–Crippen LogP) is 2.39. The summed E-state index contributed by atoms with van der Waals surface area (Å²) in [5.74, 6) is -0.335. The molecule has 0 radical (unpaired) electrons. The van der Waals surface area contributed by atoms with Gasteiger partial charge in [0.1, 0.15) is 0 Å². The van der Waals surface area contributed by atoms with Crippen LogP contribution in [0.4, 0.5) is 5.69 Å². The van der Waals surface area contributed by atoms with Crippen molar-refractivity contribution in [3.05, 3.63) is 42.0 Å². The fourth-order valence-corrected chi connectivity index (χ4v) is 2.14. The molecule has 1 atom stereocenters. The van der Waals surface area contributed by atoms with Gasteiger partial charge in [0.05, 0.1) is 11.6 Å². The number of anilines is 1. The Hall–Kier alpha value is -2.54. The van der Waals surface area contributed by atoms with E-state index >= 15 is 0 Å². The third-order valence-corrected chi connectivity index (χ3v) is 2.95. The number of fused-ring (bicyclic) bond motifs is 1. The molecular weight excluding hydrogens is 238 g/mol. The number of hydrogen-bond donors (Lipinski definition) is 2. The Morgan fingerprint density at radius 2 is 2.00 bits per heavy atom. The van der Waals surface area contributed by atoms with Crippen LogP contribution in [0.15, 0.2) is 36.4 Å². The van der Waals surface area contributed by atoms with E-state index in [9.17, 15) is 4.79 Å². The van der Waals surface area contributed by atoms with Gasteiger partial charge in [-0.05, 0) is 19.1 Å². The van der Waals surface area contributed by atoms with E-state index in [2.05, 4.69) is 11.4 Å². The summed E-state index contributed by atoms with van der Waals surface area (Å²) >= 11 is 0. The summed E-state index contributed by atoms with van der Waals surface area (Å²) in [6.07, 6.45) is 0.272. The standard InChI is InChI=1S/C15H15N3O/c1-10(8-15(17)19)18-14-7-6-11(9-16)12-4-2-3-5-13(12)14/h2-7,10,18H,8H2,1H3,(H2,17,19). The molecule has 0 saturated heterocycles. The zero-order valence-electron chi connectivity index (χ0n) is 10.7. The summed E-state index contributed by atoms with van der Waals surface area (Å²) < 4.78 is 0. The number of nitrogens with one attached hydrogen (secondary N) is 1. The highest BCUT2D eigenvalue weighted by atomic mass is 16.1. The first kappa shape index (κ1) is 12.9. The van der Waals surface area contributed by atoms with Crippen LogP contribution in [-0.4, -0.2) is 11.9 Å². The first-order chi connectivity index (χ1) is 9.11. The first-order valence-corrected chi connectivity index (χ1v) is 6.08. The summed E-state index contributed by atoms with van der Waals surface area (Å²) in [5, 5.41) is 14.2. The number of carbonyl (C=O) groups is 1. The molecule has 1 amide bonds. The molecule has 2 aromatic rings. The van der Waals surface area contributed by atoms with Crippen molar-refractivity contribution >= 4 is 22.4 Å². The maximum atomic E-state index is 10.9. The number of nitrogens with two attached hydrogens (primary N) is 1. The summed E-state index contributed by atoms with van der Waals surface area (Å²) in [7, 11) is 0. The molecule has 0 aliphatic heterocycles. The summed E-state index contributed by atoms with van der Waals surface area (Å²) in [6.45, 7) is 1.90. The number of carbonyl (C=O) groups excluding carboxylic acids is 1. The van der Waals surface area contributed by atoms with Gasteiger partial charge < -0.3 is 11.1 Å². The van der Waals surface area contributed by atoms with Crippen LogP contribution in [0.3, 0.4) is 0 Å². The summed E-state index contributed by atoms with van der Waals surface area (Å²) in [4.78, 5) is 10.9. The van der Waals surface area contributed by atoms with E-state index in [-0.39, 0.29) is 18.4 Å². The van der Waals surface area contributed by atoms with Crippen LogP contribution < -0.4 is 11.1 Å². The Morgan fingerprint density at radius 3 is 2.63 bits per heavy atom. The maximum Gasteiger partial charge on any atom is 0.219 e. The smallest absolute Gasteiger partial charge is 0.219 e. The van der Waals surface area contributed by atoms with E-state index in [1.807, 2.05) is 37.3 Å². The van der Waals surface area contributed by atoms with Crippen molar-refractivity contribution in [2.75, 3.05) is 5.32 Å². The Kier molecular flexibility index (Phi) is 3.67. The molecule has 0 aliphatic rings. The number of nitriles is 1. The molecule has 2 rings (SSSR count). The molecule has 0 fully saturated rings. The topological polar surface area (TPSA) is 78.9 Å². The van der Waals surface area contributed by atoms with Crippen LogP contribution >= 0.6 is 0 Å². The van der Waals surface area contributed by atoms with E-state index in [0.29, 0.717) is 5.56 Å². The van der Waals surface area contributed by atoms with Crippen molar-refractivity contribution in [1.29, 1.82) is 5.26 Å². The van der Waals surface area contributed by atoms with Gasteiger partial charge in [-0.15, -0.1) is 0 Å². The average molecular weight is 253 g/mol. The molecule has 1 unspecified atom stereocenters. The molecule has 2 aromatic carbocycles. The number of nitrogens with zero attached hydrogens (tertiary/aromatic N) is 1. The minimum atomic E-state index is -0.335. The van der Waals surface area contributed by atoms with Crippen molar-refractivity contribution in [2.45, 2.75) is 19.4 Å². The number of primary amides is 1. The fourth-order valence-electron chi connectivity index (χ4n) is 2.14. The predicted molar refractivity (Wildman–Crippen MR) is 75.6 cm³/mol. The summed E-state index contributed by atoms with van der Waals surface area (Å²) in [5.41, 5.74) is 6.73. The van der Waals surface area contributed by atoms with E-state index in [1.165, 1.54) is 0 Å². The zero-order chi connectivity index (χ0) is 13.8. The normalized spacial score (nSPS) is 11.8. The van der Waals surface area contributed by atoms with E-state index < -0.39 is 0 Å². The van der Waals surface area contributed by atoms with Gasteiger partial charge in [0.25, 0.3) is 0 Å². The summed E-state index contributed by atoms with van der Waals surface area (Å²) in [6, 6.07) is 13.5. The first-order valence-electron chi connectivity index (χ1n) is 6.08. The van der Waals surface area contributed by atoms with E-state index in [0.717, 1.165) is 16.5 Å². The quantitative estimate of drug-likeness (QED) is 0.878. The maximum absolute atomic E-state index is 10.9. The van der Waals surface area contributed by atoms with Gasteiger partial charge in [0, 0.05) is 28.9 Å². The molecule has 0 heterocycles. The largest absolute Gasteiger partial charge is 0.382 e. The van der Waals surface area contributed by atoms with Crippen LogP contribution in [0.5, 0.6) is 0 Å². The number of hydrogen-bond acceptors (Lipinski definition) is 3. The Morgan fingerprint density at radius 1 is 1.32 bits per heavy atom. The van der Waals surface area contributed by atoms with Gasteiger partial charge in [-0.3, -0.25) is 4.79 Å². The van der Waals surface area contributed by atoms with Gasteiger partial charge in [0.15, 0.2) is 0 Å². The van der Waals surface area contributed by atoms with Gasteiger partial charge in [0.2, 0.25) is 5.91 Å².